The van der Waals surface area contributed by atoms with E-state index in [1.54, 1.807) is 6.07 Å². The van der Waals surface area contributed by atoms with Crippen LogP contribution in [0, 0.1) is 6.92 Å². The standard InChI is InChI=1S/C17H11BrN2O2S/c1-9-8-13(18)22-15(9)16(21)20-17-19-14-11-5-3-2-4-10(11)6-7-12(14)23-17/h2-8H,1H3,(H,19,20,21). The summed E-state index contributed by atoms with van der Waals surface area (Å²) >= 11 is 4.68. The van der Waals surface area contributed by atoms with E-state index in [0.29, 0.717) is 15.6 Å². The second-order valence-electron chi connectivity index (χ2n) is 5.17. The van der Waals surface area contributed by atoms with Crippen molar-refractivity contribution in [3.8, 4) is 0 Å². The third-order valence-electron chi connectivity index (χ3n) is 3.60. The van der Waals surface area contributed by atoms with Gasteiger partial charge < -0.3 is 4.42 Å². The van der Waals surface area contributed by atoms with Gasteiger partial charge in [-0.3, -0.25) is 10.1 Å². The molecule has 0 bridgehead atoms. The van der Waals surface area contributed by atoms with Gasteiger partial charge in [0.1, 0.15) is 0 Å². The first kappa shape index (κ1) is 14.4. The molecule has 0 aliphatic heterocycles. The van der Waals surface area contributed by atoms with E-state index in [4.69, 9.17) is 4.42 Å². The van der Waals surface area contributed by atoms with Crippen LogP contribution in [0.1, 0.15) is 16.1 Å². The maximum atomic E-state index is 12.3. The molecule has 0 radical (unpaired) electrons. The summed E-state index contributed by atoms with van der Waals surface area (Å²) in [6.45, 7) is 1.83. The van der Waals surface area contributed by atoms with E-state index in [0.717, 1.165) is 26.6 Å². The van der Waals surface area contributed by atoms with Gasteiger partial charge in [-0.1, -0.05) is 41.7 Å². The van der Waals surface area contributed by atoms with Crippen molar-refractivity contribution in [2.24, 2.45) is 0 Å². The van der Waals surface area contributed by atoms with Gasteiger partial charge in [0.15, 0.2) is 15.6 Å². The summed E-state index contributed by atoms with van der Waals surface area (Å²) in [5, 5.41) is 5.60. The van der Waals surface area contributed by atoms with Gasteiger partial charge in [0.2, 0.25) is 0 Å². The fourth-order valence-electron chi connectivity index (χ4n) is 2.54. The first-order chi connectivity index (χ1) is 11.1. The third kappa shape index (κ3) is 2.54. The van der Waals surface area contributed by atoms with Crippen molar-refractivity contribution in [3.63, 3.8) is 0 Å². The summed E-state index contributed by atoms with van der Waals surface area (Å²) in [5.74, 6) is -0.00227. The summed E-state index contributed by atoms with van der Waals surface area (Å²) in [6.07, 6.45) is 0. The van der Waals surface area contributed by atoms with Crippen LogP contribution in [0.25, 0.3) is 21.0 Å². The van der Waals surface area contributed by atoms with Gasteiger partial charge in [0.25, 0.3) is 5.91 Å². The van der Waals surface area contributed by atoms with Gasteiger partial charge in [0.05, 0.1) is 10.2 Å². The number of carbonyl (C=O) groups is 1. The number of rotatable bonds is 2. The Hall–Kier alpha value is -2.18. The minimum Gasteiger partial charge on any atom is -0.444 e. The van der Waals surface area contributed by atoms with E-state index in [9.17, 15) is 4.79 Å². The number of amides is 1. The predicted molar refractivity (Wildman–Crippen MR) is 96.2 cm³/mol. The van der Waals surface area contributed by atoms with Crippen LogP contribution in [0.5, 0.6) is 0 Å². The molecule has 23 heavy (non-hydrogen) atoms. The van der Waals surface area contributed by atoms with Crippen molar-refractivity contribution in [2.45, 2.75) is 6.92 Å². The van der Waals surface area contributed by atoms with Gasteiger partial charge >= 0.3 is 0 Å². The number of nitrogens with zero attached hydrogens (tertiary/aromatic N) is 1. The van der Waals surface area contributed by atoms with E-state index in [-0.39, 0.29) is 5.91 Å². The minimum absolute atomic E-state index is 0.293. The highest BCUT2D eigenvalue weighted by Gasteiger charge is 2.17. The molecule has 4 rings (SSSR count). The summed E-state index contributed by atoms with van der Waals surface area (Å²) in [4.78, 5) is 16.9. The third-order valence-corrected chi connectivity index (χ3v) is 4.92. The Labute approximate surface area is 144 Å². The van der Waals surface area contributed by atoms with E-state index in [2.05, 4.69) is 38.4 Å². The molecule has 4 nitrogen and oxygen atoms in total. The lowest BCUT2D eigenvalue weighted by Gasteiger charge is -1.98. The number of anilines is 1. The molecule has 1 amide bonds. The van der Waals surface area contributed by atoms with Gasteiger partial charge in [-0.25, -0.2) is 4.98 Å². The highest BCUT2D eigenvalue weighted by atomic mass is 79.9. The summed E-state index contributed by atoms with van der Waals surface area (Å²) in [5.41, 5.74) is 1.68. The normalized spacial score (nSPS) is 11.2. The second kappa shape index (κ2) is 5.47. The van der Waals surface area contributed by atoms with Crippen LogP contribution in [-0.4, -0.2) is 10.9 Å². The second-order valence-corrected chi connectivity index (χ2v) is 6.98. The van der Waals surface area contributed by atoms with E-state index < -0.39 is 0 Å². The average molecular weight is 387 g/mol. The molecule has 114 valence electrons. The van der Waals surface area contributed by atoms with E-state index >= 15 is 0 Å². The van der Waals surface area contributed by atoms with Crippen LogP contribution < -0.4 is 5.32 Å². The maximum Gasteiger partial charge on any atom is 0.293 e. The molecular weight excluding hydrogens is 376 g/mol. The number of hydrogen-bond donors (Lipinski definition) is 1. The predicted octanol–water partition coefficient (Wildman–Crippen LogP) is 5.37. The smallest absolute Gasteiger partial charge is 0.293 e. The average Bonchev–Trinajstić information content (AvgIpc) is 3.09. The molecule has 0 saturated heterocycles. The van der Waals surface area contributed by atoms with Crippen LogP contribution in [0.3, 0.4) is 0 Å². The molecule has 6 heteroatoms. The zero-order chi connectivity index (χ0) is 16.0. The minimum atomic E-state index is -0.295. The topological polar surface area (TPSA) is 55.1 Å². The molecule has 4 aromatic rings. The van der Waals surface area contributed by atoms with Crippen LogP contribution in [0.15, 0.2) is 51.6 Å². The van der Waals surface area contributed by atoms with Gasteiger partial charge in [-0.05, 0) is 40.4 Å². The Bertz CT molecular complexity index is 1050. The summed E-state index contributed by atoms with van der Waals surface area (Å²) in [7, 11) is 0. The monoisotopic (exact) mass is 386 g/mol. The van der Waals surface area contributed by atoms with E-state index in [1.807, 2.05) is 31.2 Å². The lowest BCUT2D eigenvalue weighted by atomic mass is 10.1. The van der Waals surface area contributed by atoms with Crippen molar-refractivity contribution >= 4 is 59.3 Å². The molecule has 0 spiro atoms. The van der Waals surface area contributed by atoms with E-state index in [1.165, 1.54) is 11.3 Å². The van der Waals surface area contributed by atoms with Crippen molar-refractivity contribution in [1.82, 2.24) is 4.98 Å². The quantitative estimate of drug-likeness (QED) is 0.503. The fraction of sp³-hybridized carbons (Fsp3) is 0.0588. The fourth-order valence-corrected chi connectivity index (χ4v) is 3.92. The van der Waals surface area contributed by atoms with Gasteiger partial charge in [-0.2, -0.15) is 0 Å². The zero-order valence-corrected chi connectivity index (χ0v) is 14.5. The van der Waals surface area contributed by atoms with Gasteiger partial charge in [-0.15, -0.1) is 0 Å². The summed E-state index contributed by atoms with van der Waals surface area (Å²) in [6, 6.07) is 13.9. The number of hydrogen-bond acceptors (Lipinski definition) is 4. The van der Waals surface area contributed by atoms with Crippen LogP contribution >= 0.6 is 27.3 Å². The highest BCUT2D eigenvalue weighted by molar-refractivity contribution is 9.10. The van der Waals surface area contributed by atoms with Crippen LogP contribution in [0.4, 0.5) is 5.13 Å². The Balaban J connectivity index is 1.73. The Morgan fingerprint density at radius 1 is 1.26 bits per heavy atom. The molecule has 0 aliphatic carbocycles. The summed E-state index contributed by atoms with van der Waals surface area (Å²) < 4.78 is 6.95. The molecule has 0 saturated carbocycles. The van der Waals surface area contributed by atoms with Crippen LogP contribution in [0.2, 0.25) is 0 Å². The number of furan rings is 1. The molecule has 1 N–H and O–H groups in total. The highest BCUT2D eigenvalue weighted by Crippen LogP contribution is 2.32. The largest absolute Gasteiger partial charge is 0.444 e. The molecule has 0 atom stereocenters. The number of benzene rings is 2. The molecule has 2 aromatic carbocycles. The van der Waals surface area contributed by atoms with Crippen molar-refractivity contribution in [1.29, 1.82) is 0 Å². The molecule has 0 fully saturated rings. The van der Waals surface area contributed by atoms with Gasteiger partial charge in [0, 0.05) is 10.9 Å². The number of carbonyl (C=O) groups excluding carboxylic acids is 1. The lowest BCUT2D eigenvalue weighted by molar-refractivity contribution is 0.0994. The number of halogens is 1. The van der Waals surface area contributed by atoms with Crippen molar-refractivity contribution < 1.29 is 9.21 Å². The molecule has 2 aromatic heterocycles. The molecule has 2 heterocycles. The first-order valence-electron chi connectivity index (χ1n) is 6.97. The van der Waals surface area contributed by atoms with Crippen molar-refractivity contribution in [3.05, 3.63) is 58.5 Å². The first-order valence-corrected chi connectivity index (χ1v) is 8.58. The number of fused-ring (bicyclic) bond motifs is 3. The number of nitrogens with one attached hydrogen (secondary N) is 1. The number of aromatic nitrogens is 1. The molecule has 0 unspecified atom stereocenters. The molecular formula is C17H11BrN2O2S. The Morgan fingerprint density at radius 3 is 2.87 bits per heavy atom. The SMILES string of the molecule is Cc1cc(Br)oc1C(=O)Nc1nc2c(ccc3ccccc32)s1. The van der Waals surface area contributed by atoms with Crippen molar-refractivity contribution in [2.75, 3.05) is 5.32 Å². The molecule has 0 aliphatic rings. The lowest BCUT2D eigenvalue weighted by Crippen LogP contribution is -2.11. The zero-order valence-electron chi connectivity index (χ0n) is 12.1. The number of aryl methyl sites for hydroxylation is 1. The Morgan fingerprint density at radius 2 is 2.09 bits per heavy atom. The Kier molecular flexibility index (Phi) is 3.43. The van der Waals surface area contributed by atoms with Crippen LogP contribution in [-0.2, 0) is 0 Å². The number of thiazole rings is 1. The maximum absolute atomic E-state index is 12.3.